The minimum atomic E-state index is -0.481. The van der Waals surface area contributed by atoms with Crippen LogP contribution in [0.1, 0.15) is 12.0 Å². The first-order valence-electron chi connectivity index (χ1n) is 8.04. The molecule has 1 saturated heterocycles. The molecule has 0 bridgehead atoms. The Hall–Kier alpha value is -2.89. The first kappa shape index (κ1) is 17.0. The number of anilines is 1. The normalized spacial score (nSPS) is 16.8. The van der Waals surface area contributed by atoms with Gasteiger partial charge in [-0.15, -0.1) is 0 Å². The summed E-state index contributed by atoms with van der Waals surface area (Å²) in [5.41, 5.74) is 1.15. The molecule has 3 rings (SSSR count). The van der Waals surface area contributed by atoms with Gasteiger partial charge >= 0.3 is 0 Å². The molecule has 0 saturated carbocycles. The summed E-state index contributed by atoms with van der Waals surface area (Å²) in [6, 6.07) is 13.5. The van der Waals surface area contributed by atoms with E-state index in [1.807, 2.05) is 24.3 Å². The van der Waals surface area contributed by atoms with Gasteiger partial charge in [-0.25, -0.2) is 4.39 Å². The summed E-state index contributed by atoms with van der Waals surface area (Å²) < 4.78 is 19.0. The number of para-hydroxylation sites is 1. The van der Waals surface area contributed by atoms with E-state index in [0.717, 1.165) is 11.3 Å². The van der Waals surface area contributed by atoms with Gasteiger partial charge in [0.15, 0.2) is 0 Å². The highest BCUT2D eigenvalue weighted by Crippen LogP contribution is 2.27. The predicted octanol–water partition coefficient (Wildman–Crippen LogP) is 2.50. The molecule has 1 fully saturated rings. The Kier molecular flexibility index (Phi) is 4.97. The molecule has 2 aromatic carbocycles. The van der Waals surface area contributed by atoms with Crippen LogP contribution in [0.4, 0.5) is 10.1 Å². The lowest BCUT2D eigenvalue weighted by Crippen LogP contribution is -2.32. The van der Waals surface area contributed by atoms with E-state index in [2.05, 4.69) is 5.32 Å². The lowest BCUT2D eigenvalue weighted by molar-refractivity contribution is -0.126. The van der Waals surface area contributed by atoms with Crippen molar-refractivity contribution in [1.29, 1.82) is 0 Å². The Balaban J connectivity index is 1.60. The van der Waals surface area contributed by atoms with Crippen molar-refractivity contribution >= 4 is 17.5 Å². The number of ether oxygens (including phenoxy) is 1. The van der Waals surface area contributed by atoms with Gasteiger partial charge in [0.1, 0.15) is 11.6 Å². The molecule has 5 nitrogen and oxygen atoms in total. The first-order chi connectivity index (χ1) is 12.1. The van der Waals surface area contributed by atoms with Gasteiger partial charge in [0.25, 0.3) is 0 Å². The van der Waals surface area contributed by atoms with Crippen molar-refractivity contribution in [2.24, 2.45) is 5.92 Å². The molecule has 1 N–H and O–H groups in total. The van der Waals surface area contributed by atoms with Gasteiger partial charge in [-0.3, -0.25) is 9.59 Å². The molecule has 0 spiro atoms. The van der Waals surface area contributed by atoms with Crippen LogP contribution in [-0.2, 0) is 16.1 Å². The zero-order valence-corrected chi connectivity index (χ0v) is 13.9. The summed E-state index contributed by atoms with van der Waals surface area (Å²) in [6.45, 7) is 0.557. The number of hydrogen-bond acceptors (Lipinski definition) is 3. The molecule has 1 aliphatic rings. The average Bonchev–Trinajstić information content (AvgIpc) is 3.02. The number of carbonyl (C=O) groups is 2. The van der Waals surface area contributed by atoms with Crippen LogP contribution in [0.5, 0.6) is 5.75 Å². The molecule has 1 atom stereocenters. The monoisotopic (exact) mass is 342 g/mol. The maximum Gasteiger partial charge on any atom is 0.227 e. The predicted molar refractivity (Wildman–Crippen MR) is 91.7 cm³/mol. The fourth-order valence-electron chi connectivity index (χ4n) is 2.86. The van der Waals surface area contributed by atoms with E-state index in [1.165, 1.54) is 11.0 Å². The van der Waals surface area contributed by atoms with Gasteiger partial charge in [0, 0.05) is 19.5 Å². The van der Waals surface area contributed by atoms with E-state index >= 15 is 0 Å². The van der Waals surface area contributed by atoms with Crippen LogP contribution in [-0.4, -0.2) is 25.5 Å². The molecule has 0 aromatic heterocycles. The lowest BCUT2D eigenvalue weighted by atomic mass is 10.1. The fraction of sp³-hybridized carbons (Fsp3) is 0.263. The Morgan fingerprint density at radius 1 is 1.24 bits per heavy atom. The van der Waals surface area contributed by atoms with E-state index in [-0.39, 0.29) is 30.5 Å². The van der Waals surface area contributed by atoms with Crippen molar-refractivity contribution in [3.05, 3.63) is 59.9 Å². The third-order valence-corrected chi connectivity index (χ3v) is 4.26. The van der Waals surface area contributed by atoms with Crippen molar-refractivity contribution in [2.45, 2.75) is 13.0 Å². The number of nitrogens with one attached hydrogen (secondary N) is 1. The number of hydrogen-bond donors (Lipinski definition) is 1. The second-order valence-electron chi connectivity index (χ2n) is 5.92. The molecule has 0 aliphatic carbocycles. The van der Waals surface area contributed by atoms with E-state index in [9.17, 15) is 14.0 Å². The molecular weight excluding hydrogens is 323 g/mol. The summed E-state index contributed by atoms with van der Waals surface area (Å²) in [7, 11) is 1.59. The third-order valence-electron chi connectivity index (χ3n) is 4.26. The Bertz CT molecular complexity index is 776. The highest BCUT2D eigenvalue weighted by Gasteiger charge is 2.35. The summed E-state index contributed by atoms with van der Waals surface area (Å²) in [5, 5.41) is 2.83. The van der Waals surface area contributed by atoms with Crippen LogP contribution in [0.25, 0.3) is 0 Å². The summed E-state index contributed by atoms with van der Waals surface area (Å²) in [6.07, 6.45) is 0.0861. The second-order valence-corrected chi connectivity index (χ2v) is 5.92. The van der Waals surface area contributed by atoms with Gasteiger partial charge in [0.2, 0.25) is 11.8 Å². The highest BCUT2D eigenvalue weighted by atomic mass is 19.1. The lowest BCUT2D eigenvalue weighted by Gasteiger charge is -2.17. The van der Waals surface area contributed by atoms with E-state index < -0.39 is 11.7 Å². The minimum Gasteiger partial charge on any atom is -0.497 e. The van der Waals surface area contributed by atoms with Gasteiger partial charge in [-0.05, 0) is 29.8 Å². The quantitative estimate of drug-likeness (QED) is 0.908. The van der Waals surface area contributed by atoms with Crippen molar-refractivity contribution in [1.82, 2.24) is 5.32 Å². The molecule has 0 radical (unpaired) electrons. The largest absolute Gasteiger partial charge is 0.497 e. The number of rotatable bonds is 5. The number of halogens is 1. The maximum absolute atomic E-state index is 13.9. The van der Waals surface area contributed by atoms with Crippen LogP contribution in [0.3, 0.4) is 0 Å². The molecular formula is C19H19FN2O3. The van der Waals surface area contributed by atoms with Gasteiger partial charge < -0.3 is 15.0 Å². The topological polar surface area (TPSA) is 58.6 Å². The standard InChI is InChI=1S/C19H19FN2O3/c1-25-15-8-6-13(7-9-15)11-21-19(24)14-10-18(23)22(12-14)17-5-3-2-4-16(17)20/h2-9,14H,10-12H2,1H3,(H,21,24)/t14-/m1/s1. The summed E-state index contributed by atoms with van der Waals surface area (Å²) >= 11 is 0. The molecule has 6 heteroatoms. The molecule has 1 aliphatic heterocycles. The SMILES string of the molecule is COc1ccc(CNC(=O)[C@@H]2CC(=O)N(c3ccccc3F)C2)cc1. The van der Waals surface area contributed by atoms with Crippen molar-refractivity contribution in [3.63, 3.8) is 0 Å². The van der Waals surface area contributed by atoms with Crippen LogP contribution in [0, 0.1) is 11.7 Å². The van der Waals surface area contributed by atoms with E-state index in [1.54, 1.807) is 25.3 Å². The zero-order valence-electron chi connectivity index (χ0n) is 13.9. The molecule has 25 heavy (non-hydrogen) atoms. The van der Waals surface area contributed by atoms with E-state index in [0.29, 0.717) is 6.54 Å². The number of amides is 2. The second kappa shape index (κ2) is 7.34. The van der Waals surface area contributed by atoms with Crippen molar-refractivity contribution in [3.8, 4) is 5.75 Å². The van der Waals surface area contributed by atoms with Crippen LogP contribution in [0.15, 0.2) is 48.5 Å². The van der Waals surface area contributed by atoms with Crippen molar-refractivity contribution in [2.75, 3.05) is 18.6 Å². The Morgan fingerprint density at radius 2 is 1.96 bits per heavy atom. The Labute approximate surface area is 145 Å². The maximum atomic E-state index is 13.9. The van der Waals surface area contributed by atoms with Gasteiger partial charge in [-0.1, -0.05) is 24.3 Å². The van der Waals surface area contributed by atoms with Gasteiger partial charge in [0.05, 0.1) is 18.7 Å². The summed E-state index contributed by atoms with van der Waals surface area (Å²) in [5.74, 6) is -0.643. The molecule has 2 amide bonds. The minimum absolute atomic E-state index is 0.0861. The third kappa shape index (κ3) is 3.79. The number of benzene rings is 2. The molecule has 1 heterocycles. The number of methoxy groups -OCH3 is 1. The zero-order chi connectivity index (χ0) is 17.8. The molecule has 2 aromatic rings. The fourth-order valence-corrected chi connectivity index (χ4v) is 2.86. The molecule has 130 valence electrons. The first-order valence-corrected chi connectivity index (χ1v) is 8.04. The van der Waals surface area contributed by atoms with Crippen molar-refractivity contribution < 1.29 is 18.7 Å². The Morgan fingerprint density at radius 3 is 2.64 bits per heavy atom. The molecule has 0 unspecified atom stereocenters. The van der Waals surface area contributed by atoms with Crippen LogP contribution >= 0.6 is 0 Å². The van der Waals surface area contributed by atoms with Crippen LogP contribution < -0.4 is 15.0 Å². The van der Waals surface area contributed by atoms with E-state index in [4.69, 9.17) is 4.74 Å². The van der Waals surface area contributed by atoms with Gasteiger partial charge in [-0.2, -0.15) is 0 Å². The average molecular weight is 342 g/mol. The van der Waals surface area contributed by atoms with Crippen LogP contribution in [0.2, 0.25) is 0 Å². The smallest absolute Gasteiger partial charge is 0.227 e. The highest BCUT2D eigenvalue weighted by molar-refractivity contribution is 6.00. The number of nitrogens with zero attached hydrogens (tertiary/aromatic N) is 1. The number of carbonyl (C=O) groups excluding carboxylic acids is 2. The summed E-state index contributed by atoms with van der Waals surface area (Å²) in [4.78, 5) is 25.8.